The number of benzene rings is 2. The Morgan fingerprint density at radius 1 is 1.13 bits per heavy atom. The van der Waals surface area contributed by atoms with Crippen molar-refractivity contribution >= 4 is 55.7 Å². The number of carbonyl (C=O) groups excluding carboxylic acids is 2. The van der Waals surface area contributed by atoms with Gasteiger partial charge in [0.05, 0.1) is 28.1 Å². The molecular formula is C29H26ClN3O4S. The Kier molecular flexibility index (Phi) is 7.44. The summed E-state index contributed by atoms with van der Waals surface area (Å²) in [7, 11) is 0. The fourth-order valence-corrected chi connectivity index (χ4v) is 5.62. The average Bonchev–Trinajstić information content (AvgIpc) is 3.44. The Bertz CT molecular complexity index is 1490. The van der Waals surface area contributed by atoms with Gasteiger partial charge in [-0.15, -0.1) is 0 Å². The first-order chi connectivity index (χ1) is 18.4. The number of aromatic nitrogens is 2. The van der Waals surface area contributed by atoms with Gasteiger partial charge in [0.1, 0.15) is 17.6 Å². The predicted molar refractivity (Wildman–Crippen MR) is 150 cm³/mol. The number of nitrogens with zero attached hydrogens (tertiary/aromatic N) is 3. The SMILES string of the molecule is CCCCCOc1ccc(/C(O)=C2\C(=O)C(=O)N(c3nc4cc(Cl)c(C)cc4s3)C2c2ccccn2)cc1. The second kappa shape index (κ2) is 10.9. The van der Waals surface area contributed by atoms with Gasteiger partial charge in [0.25, 0.3) is 5.78 Å². The summed E-state index contributed by atoms with van der Waals surface area (Å²) in [6, 6.07) is 14.8. The van der Waals surface area contributed by atoms with Crippen LogP contribution in [0.25, 0.3) is 16.0 Å². The molecule has 0 radical (unpaired) electrons. The van der Waals surface area contributed by atoms with E-state index in [0.717, 1.165) is 29.5 Å². The Hall–Kier alpha value is -3.75. The number of ketones is 1. The molecule has 3 heterocycles. The van der Waals surface area contributed by atoms with Gasteiger partial charge in [-0.2, -0.15) is 0 Å². The molecule has 1 fully saturated rings. The topological polar surface area (TPSA) is 92.6 Å². The molecule has 1 aliphatic heterocycles. The van der Waals surface area contributed by atoms with Gasteiger partial charge < -0.3 is 9.84 Å². The summed E-state index contributed by atoms with van der Waals surface area (Å²) in [5.41, 5.74) is 2.31. The summed E-state index contributed by atoms with van der Waals surface area (Å²) < 4.78 is 6.60. The van der Waals surface area contributed by atoms with E-state index in [4.69, 9.17) is 16.3 Å². The van der Waals surface area contributed by atoms with Gasteiger partial charge in [0, 0.05) is 16.8 Å². The van der Waals surface area contributed by atoms with Crippen molar-refractivity contribution in [2.24, 2.45) is 0 Å². The van der Waals surface area contributed by atoms with Crippen LogP contribution in [0, 0.1) is 6.92 Å². The number of pyridine rings is 1. The summed E-state index contributed by atoms with van der Waals surface area (Å²) in [5, 5.41) is 12.2. The van der Waals surface area contributed by atoms with Crippen LogP contribution in [0.15, 0.2) is 66.4 Å². The fourth-order valence-electron chi connectivity index (χ4n) is 4.39. The number of carbonyl (C=O) groups is 2. The molecule has 0 spiro atoms. The molecule has 1 unspecified atom stereocenters. The molecule has 0 aliphatic carbocycles. The maximum absolute atomic E-state index is 13.4. The molecule has 9 heteroatoms. The second-order valence-electron chi connectivity index (χ2n) is 9.07. The number of aliphatic hydroxyl groups is 1. The van der Waals surface area contributed by atoms with E-state index in [1.54, 1.807) is 54.7 Å². The van der Waals surface area contributed by atoms with E-state index in [-0.39, 0.29) is 11.3 Å². The van der Waals surface area contributed by atoms with Crippen molar-refractivity contribution in [1.29, 1.82) is 0 Å². The highest BCUT2D eigenvalue weighted by atomic mass is 35.5. The van der Waals surface area contributed by atoms with Crippen molar-refractivity contribution < 1.29 is 19.4 Å². The van der Waals surface area contributed by atoms with E-state index >= 15 is 0 Å². The van der Waals surface area contributed by atoms with Gasteiger partial charge in [0.15, 0.2) is 5.13 Å². The molecular weight excluding hydrogens is 522 g/mol. The van der Waals surface area contributed by atoms with E-state index in [1.165, 1.54) is 16.2 Å². The van der Waals surface area contributed by atoms with Gasteiger partial charge in [-0.3, -0.25) is 19.5 Å². The third-order valence-corrected chi connectivity index (χ3v) is 7.85. The summed E-state index contributed by atoms with van der Waals surface area (Å²) in [4.78, 5) is 37.1. The first kappa shape index (κ1) is 25.9. The largest absolute Gasteiger partial charge is 0.507 e. The lowest BCUT2D eigenvalue weighted by Gasteiger charge is -2.21. The maximum atomic E-state index is 13.4. The predicted octanol–water partition coefficient (Wildman–Crippen LogP) is 6.85. The Labute approximate surface area is 229 Å². The van der Waals surface area contributed by atoms with Crippen LogP contribution in [0.5, 0.6) is 5.75 Å². The quantitative estimate of drug-likeness (QED) is 0.112. The Morgan fingerprint density at radius 3 is 2.63 bits per heavy atom. The summed E-state index contributed by atoms with van der Waals surface area (Å²) in [5.74, 6) is -1.19. The molecule has 2 aromatic heterocycles. The number of anilines is 1. The van der Waals surface area contributed by atoms with Crippen molar-refractivity contribution in [3.8, 4) is 5.75 Å². The van der Waals surface area contributed by atoms with E-state index < -0.39 is 17.7 Å². The van der Waals surface area contributed by atoms with Crippen LogP contribution in [0.4, 0.5) is 5.13 Å². The van der Waals surface area contributed by atoms with Crippen LogP contribution in [0.1, 0.15) is 49.0 Å². The molecule has 1 aliphatic rings. The number of thiazole rings is 1. The number of aryl methyl sites for hydroxylation is 1. The summed E-state index contributed by atoms with van der Waals surface area (Å²) in [6.45, 7) is 4.63. The highest BCUT2D eigenvalue weighted by molar-refractivity contribution is 7.22. The standard InChI is InChI=1S/C29H26ClN3O4S/c1-3-4-7-14-37-19-11-9-18(10-12-19)26(34)24-25(21-8-5-6-13-31-21)33(28(36)27(24)35)29-32-22-16-20(30)17(2)15-23(22)38-29/h5-6,8-13,15-16,25,34H,3-4,7,14H2,1-2H3/b26-24+. The number of hydrogen-bond donors (Lipinski definition) is 1. The zero-order valence-electron chi connectivity index (χ0n) is 21.0. The molecule has 5 rings (SSSR count). The molecule has 1 N–H and O–H groups in total. The monoisotopic (exact) mass is 547 g/mol. The van der Waals surface area contributed by atoms with Crippen LogP contribution in [0.3, 0.4) is 0 Å². The van der Waals surface area contributed by atoms with Crippen LogP contribution in [-0.4, -0.2) is 33.4 Å². The number of aliphatic hydroxyl groups excluding tert-OH is 1. The van der Waals surface area contributed by atoms with Crippen LogP contribution < -0.4 is 9.64 Å². The maximum Gasteiger partial charge on any atom is 0.301 e. The van der Waals surface area contributed by atoms with Crippen LogP contribution in [0.2, 0.25) is 5.02 Å². The highest BCUT2D eigenvalue weighted by Gasteiger charge is 2.48. The fraction of sp³-hybridized carbons (Fsp3) is 0.241. The third kappa shape index (κ3) is 4.89. The zero-order chi connectivity index (χ0) is 26.8. The van der Waals surface area contributed by atoms with Crippen LogP contribution >= 0.6 is 22.9 Å². The molecule has 2 aromatic carbocycles. The molecule has 7 nitrogen and oxygen atoms in total. The minimum atomic E-state index is -0.946. The second-order valence-corrected chi connectivity index (χ2v) is 10.5. The Morgan fingerprint density at radius 2 is 1.92 bits per heavy atom. The molecule has 1 atom stereocenters. The van der Waals surface area contributed by atoms with Gasteiger partial charge in [-0.1, -0.05) is 48.8 Å². The molecule has 38 heavy (non-hydrogen) atoms. The van der Waals surface area contributed by atoms with E-state index in [2.05, 4.69) is 16.9 Å². The molecule has 4 aromatic rings. The number of ether oxygens (including phenoxy) is 1. The van der Waals surface area contributed by atoms with Crippen molar-refractivity contribution in [3.63, 3.8) is 0 Å². The van der Waals surface area contributed by atoms with Gasteiger partial charge in [-0.25, -0.2) is 4.98 Å². The smallest absolute Gasteiger partial charge is 0.301 e. The lowest BCUT2D eigenvalue weighted by Crippen LogP contribution is -2.29. The number of amides is 1. The molecule has 0 bridgehead atoms. The van der Waals surface area contributed by atoms with Gasteiger partial charge in [-0.05, 0) is 67.4 Å². The Balaban J connectivity index is 1.56. The first-order valence-corrected chi connectivity index (χ1v) is 13.6. The van der Waals surface area contributed by atoms with E-state index in [9.17, 15) is 14.7 Å². The molecule has 194 valence electrons. The number of fused-ring (bicyclic) bond motifs is 1. The molecule has 1 saturated heterocycles. The van der Waals surface area contributed by atoms with Gasteiger partial charge in [0.2, 0.25) is 0 Å². The van der Waals surface area contributed by atoms with Gasteiger partial charge >= 0.3 is 5.91 Å². The number of halogens is 1. The van der Waals surface area contributed by atoms with Crippen molar-refractivity contribution in [1.82, 2.24) is 9.97 Å². The number of Topliss-reactive ketones (excluding diaryl/α,β-unsaturated/α-hetero) is 1. The minimum Gasteiger partial charge on any atom is -0.507 e. The zero-order valence-corrected chi connectivity index (χ0v) is 22.6. The first-order valence-electron chi connectivity index (χ1n) is 12.4. The van der Waals surface area contributed by atoms with Crippen molar-refractivity contribution in [2.45, 2.75) is 39.2 Å². The average molecular weight is 548 g/mol. The van der Waals surface area contributed by atoms with Crippen LogP contribution in [-0.2, 0) is 9.59 Å². The van der Waals surface area contributed by atoms with E-state index in [1.807, 2.05) is 13.0 Å². The normalized spacial score (nSPS) is 16.9. The lowest BCUT2D eigenvalue weighted by molar-refractivity contribution is -0.132. The third-order valence-electron chi connectivity index (χ3n) is 6.42. The number of unbranched alkanes of at least 4 members (excludes halogenated alkanes) is 2. The van der Waals surface area contributed by atoms with Crippen molar-refractivity contribution in [2.75, 3.05) is 11.5 Å². The number of rotatable bonds is 8. The highest BCUT2D eigenvalue weighted by Crippen LogP contribution is 2.44. The molecule has 1 amide bonds. The van der Waals surface area contributed by atoms with Crippen molar-refractivity contribution in [3.05, 3.63) is 88.2 Å². The summed E-state index contributed by atoms with van der Waals surface area (Å²) in [6.07, 6.45) is 4.74. The lowest BCUT2D eigenvalue weighted by atomic mass is 9.98. The molecule has 0 saturated carbocycles. The summed E-state index contributed by atoms with van der Waals surface area (Å²) >= 11 is 7.57. The number of hydrogen-bond acceptors (Lipinski definition) is 7. The van der Waals surface area contributed by atoms with E-state index in [0.29, 0.717) is 39.3 Å². The minimum absolute atomic E-state index is 0.0428.